The van der Waals surface area contributed by atoms with Gasteiger partial charge in [0.2, 0.25) is 5.95 Å². The molecular weight excluding hydrogens is 310 g/mol. The van der Waals surface area contributed by atoms with Gasteiger partial charge in [-0.3, -0.25) is 4.98 Å². The van der Waals surface area contributed by atoms with Crippen molar-refractivity contribution in [1.29, 1.82) is 0 Å². The Bertz CT molecular complexity index is 846. The van der Waals surface area contributed by atoms with Gasteiger partial charge in [0.15, 0.2) is 0 Å². The largest absolute Gasteiger partial charge is 0.354 e. The molecule has 0 aliphatic carbocycles. The number of para-hydroxylation sites is 1. The summed E-state index contributed by atoms with van der Waals surface area (Å²) in [5.41, 5.74) is 5.19. The van der Waals surface area contributed by atoms with Crippen LogP contribution < -0.4 is 10.6 Å². The molecule has 25 heavy (non-hydrogen) atoms. The molecule has 0 atom stereocenters. The monoisotopic (exact) mass is 333 g/mol. The molecule has 0 saturated carbocycles. The standard InChI is InChI=1S/C20H23N5/c1-4-15-10-8-9-14(3)19(15)24-18-13-17(16-11-6-7-12-22-16)23-20(25-18)21-5-2/h6-13H,4-5H2,1-3H3,(H2,21,23,24,25). The third-order valence-electron chi connectivity index (χ3n) is 3.98. The van der Waals surface area contributed by atoms with Gasteiger partial charge in [0.1, 0.15) is 5.82 Å². The number of hydrogen-bond donors (Lipinski definition) is 2. The lowest BCUT2D eigenvalue weighted by atomic mass is 10.1. The van der Waals surface area contributed by atoms with Gasteiger partial charge in [-0.05, 0) is 43.5 Å². The fraction of sp³-hybridized carbons (Fsp3) is 0.250. The van der Waals surface area contributed by atoms with Gasteiger partial charge in [0.05, 0.1) is 11.4 Å². The first kappa shape index (κ1) is 16.9. The normalized spacial score (nSPS) is 10.5. The quantitative estimate of drug-likeness (QED) is 0.691. The third kappa shape index (κ3) is 3.94. The van der Waals surface area contributed by atoms with Crippen LogP contribution in [0.1, 0.15) is 25.0 Å². The van der Waals surface area contributed by atoms with Crippen molar-refractivity contribution in [3.05, 3.63) is 59.8 Å². The summed E-state index contributed by atoms with van der Waals surface area (Å²) in [4.78, 5) is 13.6. The SMILES string of the molecule is CCNc1nc(Nc2c(C)cccc2CC)cc(-c2ccccn2)n1. The molecule has 0 unspecified atom stereocenters. The molecule has 0 spiro atoms. The van der Waals surface area contributed by atoms with E-state index in [0.29, 0.717) is 5.95 Å². The second-order valence-electron chi connectivity index (χ2n) is 5.79. The van der Waals surface area contributed by atoms with Crippen LogP contribution in [0.5, 0.6) is 0 Å². The summed E-state index contributed by atoms with van der Waals surface area (Å²) in [6.45, 7) is 7.05. The van der Waals surface area contributed by atoms with Gasteiger partial charge in [-0.1, -0.05) is 31.2 Å². The topological polar surface area (TPSA) is 62.7 Å². The zero-order chi connectivity index (χ0) is 17.6. The van der Waals surface area contributed by atoms with Crippen molar-refractivity contribution in [2.24, 2.45) is 0 Å². The predicted octanol–water partition coefficient (Wildman–Crippen LogP) is 4.58. The van der Waals surface area contributed by atoms with Gasteiger partial charge in [-0.25, -0.2) is 4.98 Å². The van der Waals surface area contributed by atoms with Gasteiger partial charge < -0.3 is 10.6 Å². The molecule has 0 aliphatic rings. The maximum Gasteiger partial charge on any atom is 0.225 e. The minimum atomic E-state index is 0.597. The van der Waals surface area contributed by atoms with Crippen molar-refractivity contribution in [2.75, 3.05) is 17.2 Å². The molecule has 0 saturated heterocycles. The van der Waals surface area contributed by atoms with Crippen molar-refractivity contribution in [3.8, 4) is 11.4 Å². The van der Waals surface area contributed by atoms with Crippen LogP contribution in [0.3, 0.4) is 0 Å². The van der Waals surface area contributed by atoms with E-state index >= 15 is 0 Å². The summed E-state index contributed by atoms with van der Waals surface area (Å²) in [7, 11) is 0. The highest BCUT2D eigenvalue weighted by molar-refractivity contribution is 5.69. The maximum atomic E-state index is 4.60. The lowest BCUT2D eigenvalue weighted by Crippen LogP contribution is -2.07. The molecule has 5 heteroatoms. The first-order valence-electron chi connectivity index (χ1n) is 8.61. The summed E-state index contributed by atoms with van der Waals surface area (Å²) in [6.07, 6.45) is 2.73. The summed E-state index contributed by atoms with van der Waals surface area (Å²) >= 11 is 0. The van der Waals surface area contributed by atoms with E-state index in [4.69, 9.17) is 0 Å². The number of rotatable bonds is 6. The Labute approximate surface area is 148 Å². The fourth-order valence-corrected chi connectivity index (χ4v) is 2.72. The Hall–Kier alpha value is -2.95. The van der Waals surface area contributed by atoms with Crippen LogP contribution in [-0.2, 0) is 6.42 Å². The summed E-state index contributed by atoms with van der Waals surface area (Å²) in [5, 5.41) is 6.68. The van der Waals surface area contributed by atoms with E-state index in [1.807, 2.05) is 31.2 Å². The first-order valence-corrected chi connectivity index (χ1v) is 8.61. The number of nitrogens with zero attached hydrogens (tertiary/aromatic N) is 3. The van der Waals surface area contributed by atoms with E-state index in [1.165, 1.54) is 11.1 Å². The fourth-order valence-electron chi connectivity index (χ4n) is 2.72. The second kappa shape index (κ2) is 7.75. The minimum absolute atomic E-state index is 0.597. The smallest absolute Gasteiger partial charge is 0.225 e. The number of aryl methyl sites for hydroxylation is 2. The number of anilines is 3. The van der Waals surface area contributed by atoms with E-state index in [2.05, 4.69) is 57.6 Å². The van der Waals surface area contributed by atoms with Crippen LogP contribution in [0.2, 0.25) is 0 Å². The summed E-state index contributed by atoms with van der Waals surface area (Å²) in [6, 6.07) is 14.1. The molecule has 0 bridgehead atoms. The Morgan fingerprint density at radius 3 is 2.56 bits per heavy atom. The number of hydrogen-bond acceptors (Lipinski definition) is 5. The zero-order valence-corrected chi connectivity index (χ0v) is 14.9. The van der Waals surface area contributed by atoms with E-state index < -0.39 is 0 Å². The van der Waals surface area contributed by atoms with Crippen molar-refractivity contribution >= 4 is 17.5 Å². The van der Waals surface area contributed by atoms with E-state index in [1.54, 1.807) is 6.20 Å². The third-order valence-corrected chi connectivity index (χ3v) is 3.98. The van der Waals surface area contributed by atoms with E-state index in [0.717, 1.165) is 35.9 Å². The van der Waals surface area contributed by atoms with Crippen LogP contribution in [0, 0.1) is 6.92 Å². The highest BCUT2D eigenvalue weighted by Crippen LogP contribution is 2.27. The Morgan fingerprint density at radius 2 is 1.84 bits per heavy atom. The van der Waals surface area contributed by atoms with Crippen LogP contribution in [0.15, 0.2) is 48.7 Å². The Balaban J connectivity index is 2.03. The first-order chi connectivity index (χ1) is 12.2. The maximum absolute atomic E-state index is 4.60. The van der Waals surface area contributed by atoms with Gasteiger partial charge >= 0.3 is 0 Å². The van der Waals surface area contributed by atoms with Gasteiger partial charge in [0.25, 0.3) is 0 Å². The Kier molecular flexibility index (Phi) is 5.23. The lowest BCUT2D eigenvalue weighted by Gasteiger charge is -2.15. The molecule has 5 nitrogen and oxygen atoms in total. The predicted molar refractivity (Wildman–Crippen MR) is 103 cm³/mol. The van der Waals surface area contributed by atoms with E-state index in [-0.39, 0.29) is 0 Å². The molecule has 0 amide bonds. The van der Waals surface area contributed by atoms with Crippen LogP contribution in [0.25, 0.3) is 11.4 Å². The molecule has 3 aromatic rings. The van der Waals surface area contributed by atoms with Crippen LogP contribution in [0.4, 0.5) is 17.5 Å². The lowest BCUT2D eigenvalue weighted by molar-refractivity contribution is 1.08. The molecule has 1 aromatic carbocycles. The number of benzene rings is 1. The van der Waals surface area contributed by atoms with Gasteiger partial charge in [0, 0.05) is 24.5 Å². The minimum Gasteiger partial charge on any atom is -0.354 e. The van der Waals surface area contributed by atoms with Gasteiger partial charge in [-0.2, -0.15) is 4.98 Å². The highest BCUT2D eigenvalue weighted by atomic mass is 15.1. The molecule has 2 aromatic heterocycles. The van der Waals surface area contributed by atoms with Crippen molar-refractivity contribution in [2.45, 2.75) is 27.2 Å². The number of pyridine rings is 1. The average Bonchev–Trinajstić information content (AvgIpc) is 2.64. The second-order valence-corrected chi connectivity index (χ2v) is 5.79. The summed E-state index contributed by atoms with van der Waals surface area (Å²) in [5.74, 6) is 1.36. The molecule has 128 valence electrons. The zero-order valence-electron chi connectivity index (χ0n) is 14.9. The average molecular weight is 333 g/mol. The molecule has 0 radical (unpaired) electrons. The molecule has 0 fully saturated rings. The van der Waals surface area contributed by atoms with Crippen LogP contribution in [-0.4, -0.2) is 21.5 Å². The Morgan fingerprint density at radius 1 is 0.960 bits per heavy atom. The molecule has 2 heterocycles. The van der Waals surface area contributed by atoms with Crippen molar-refractivity contribution < 1.29 is 0 Å². The molecule has 2 N–H and O–H groups in total. The number of aromatic nitrogens is 3. The highest BCUT2D eigenvalue weighted by Gasteiger charge is 2.10. The molecular formula is C20H23N5. The van der Waals surface area contributed by atoms with Crippen LogP contribution >= 0.6 is 0 Å². The van der Waals surface area contributed by atoms with Gasteiger partial charge in [-0.15, -0.1) is 0 Å². The number of nitrogens with one attached hydrogen (secondary N) is 2. The summed E-state index contributed by atoms with van der Waals surface area (Å²) < 4.78 is 0. The molecule has 3 rings (SSSR count). The van der Waals surface area contributed by atoms with Crippen molar-refractivity contribution in [3.63, 3.8) is 0 Å². The van der Waals surface area contributed by atoms with E-state index in [9.17, 15) is 0 Å². The molecule has 0 aliphatic heterocycles. The van der Waals surface area contributed by atoms with Crippen molar-refractivity contribution in [1.82, 2.24) is 15.0 Å².